The normalized spacial score (nSPS) is 11.7. The van der Waals surface area contributed by atoms with E-state index in [-0.39, 0.29) is 0 Å². The highest BCUT2D eigenvalue weighted by Crippen LogP contribution is 2.41. The van der Waals surface area contributed by atoms with Crippen LogP contribution in [0.15, 0.2) is 48.5 Å². The van der Waals surface area contributed by atoms with E-state index in [2.05, 4.69) is 62.4 Å². The Kier molecular flexibility index (Phi) is 2.97. The molecule has 0 amide bonds. The molecule has 21 heavy (non-hydrogen) atoms. The molecule has 0 saturated carbocycles. The summed E-state index contributed by atoms with van der Waals surface area (Å²) in [4.78, 5) is 0. The molecule has 4 rings (SSSR count). The van der Waals surface area contributed by atoms with Crippen molar-refractivity contribution >= 4 is 42.3 Å². The molecule has 0 saturated heterocycles. The fourth-order valence-electron chi connectivity index (χ4n) is 3.37. The molecule has 3 aromatic carbocycles. The highest BCUT2D eigenvalue weighted by atomic mass is 32.1. The molecule has 0 aliphatic rings. The molecule has 0 bridgehead atoms. The number of rotatable bonds is 2. The van der Waals surface area contributed by atoms with Gasteiger partial charge in [-0.3, -0.25) is 0 Å². The van der Waals surface area contributed by atoms with Gasteiger partial charge in [0.25, 0.3) is 0 Å². The van der Waals surface area contributed by atoms with Gasteiger partial charge >= 0.3 is 0 Å². The van der Waals surface area contributed by atoms with Gasteiger partial charge < -0.3 is 0 Å². The van der Waals surface area contributed by atoms with E-state index >= 15 is 0 Å². The fraction of sp³-hybridized carbons (Fsp3) is 0.200. The van der Waals surface area contributed by atoms with Gasteiger partial charge in [0.15, 0.2) is 0 Å². The van der Waals surface area contributed by atoms with Gasteiger partial charge in [0, 0.05) is 20.2 Å². The van der Waals surface area contributed by atoms with E-state index in [0.29, 0.717) is 0 Å². The quantitative estimate of drug-likeness (QED) is 0.397. The van der Waals surface area contributed by atoms with Crippen LogP contribution in [0.25, 0.3) is 30.9 Å². The third-order valence-corrected chi connectivity index (χ3v) is 5.49. The number of benzene rings is 3. The summed E-state index contributed by atoms with van der Waals surface area (Å²) in [6.07, 6.45) is 2.36. The van der Waals surface area contributed by atoms with Crippen LogP contribution in [0.5, 0.6) is 0 Å². The van der Waals surface area contributed by atoms with Crippen LogP contribution in [-0.2, 0) is 6.42 Å². The first kappa shape index (κ1) is 12.8. The van der Waals surface area contributed by atoms with Gasteiger partial charge in [0.1, 0.15) is 0 Å². The average molecular weight is 290 g/mol. The summed E-state index contributed by atoms with van der Waals surface area (Å²) < 4.78 is 2.84. The zero-order valence-electron chi connectivity index (χ0n) is 12.4. The lowest BCUT2D eigenvalue weighted by Gasteiger charge is -2.08. The number of fused-ring (bicyclic) bond motifs is 5. The van der Waals surface area contributed by atoms with Gasteiger partial charge in [-0.1, -0.05) is 49.7 Å². The molecule has 1 heterocycles. The summed E-state index contributed by atoms with van der Waals surface area (Å²) in [5, 5.41) is 5.69. The van der Waals surface area contributed by atoms with Crippen molar-refractivity contribution in [1.82, 2.24) is 0 Å². The Bertz CT molecular complexity index is 960. The molecule has 0 spiro atoms. The SMILES string of the molecule is CCCc1c(C)ccc2sc3ccc4ccccc4c3c12. The Morgan fingerprint density at radius 2 is 1.62 bits per heavy atom. The maximum Gasteiger partial charge on any atom is 0.0361 e. The maximum absolute atomic E-state index is 2.29. The van der Waals surface area contributed by atoms with Crippen molar-refractivity contribution in [2.24, 2.45) is 0 Å². The van der Waals surface area contributed by atoms with Crippen LogP contribution in [0, 0.1) is 6.92 Å². The number of thiophene rings is 1. The van der Waals surface area contributed by atoms with Gasteiger partial charge in [0.05, 0.1) is 0 Å². The third kappa shape index (κ3) is 1.88. The Morgan fingerprint density at radius 1 is 0.857 bits per heavy atom. The van der Waals surface area contributed by atoms with Crippen LogP contribution >= 0.6 is 11.3 Å². The molecule has 1 aromatic heterocycles. The van der Waals surface area contributed by atoms with Crippen molar-refractivity contribution in [3.63, 3.8) is 0 Å². The summed E-state index contributed by atoms with van der Waals surface area (Å²) in [5.74, 6) is 0. The van der Waals surface area contributed by atoms with E-state index < -0.39 is 0 Å². The minimum Gasteiger partial charge on any atom is -0.135 e. The summed E-state index contributed by atoms with van der Waals surface area (Å²) in [6, 6.07) is 17.9. The first-order chi connectivity index (χ1) is 10.3. The molecular formula is C20H18S. The van der Waals surface area contributed by atoms with Crippen molar-refractivity contribution in [2.75, 3.05) is 0 Å². The van der Waals surface area contributed by atoms with E-state index in [0.717, 1.165) is 6.42 Å². The molecule has 1 heteroatoms. The molecule has 0 N–H and O–H groups in total. The molecule has 0 aliphatic heterocycles. The summed E-state index contributed by atoms with van der Waals surface area (Å²) in [6.45, 7) is 4.52. The highest BCUT2D eigenvalue weighted by molar-refractivity contribution is 7.26. The Hall–Kier alpha value is -1.86. The first-order valence-corrected chi connectivity index (χ1v) is 8.43. The predicted molar refractivity (Wildman–Crippen MR) is 95.6 cm³/mol. The Balaban J connectivity index is 2.27. The summed E-state index contributed by atoms with van der Waals surface area (Å²) in [5.41, 5.74) is 2.97. The van der Waals surface area contributed by atoms with Crippen molar-refractivity contribution < 1.29 is 0 Å². The summed E-state index contributed by atoms with van der Waals surface area (Å²) >= 11 is 1.93. The Morgan fingerprint density at radius 3 is 2.48 bits per heavy atom. The van der Waals surface area contributed by atoms with Crippen molar-refractivity contribution in [1.29, 1.82) is 0 Å². The van der Waals surface area contributed by atoms with Crippen LogP contribution in [0.1, 0.15) is 24.5 Å². The van der Waals surface area contributed by atoms with Crippen LogP contribution in [0.4, 0.5) is 0 Å². The zero-order chi connectivity index (χ0) is 14.4. The predicted octanol–water partition coefficient (Wildman–Crippen LogP) is 6.47. The van der Waals surface area contributed by atoms with Crippen LogP contribution < -0.4 is 0 Å². The zero-order valence-corrected chi connectivity index (χ0v) is 13.3. The number of aryl methyl sites for hydroxylation is 2. The van der Waals surface area contributed by atoms with Gasteiger partial charge in [-0.25, -0.2) is 0 Å². The van der Waals surface area contributed by atoms with E-state index in [1.807, 2.05) is 11.3 Å². The van der Waals surface area contributed by atoms with Crippen LogP contribution in [-0.4, -0.2) is 0 Å². The lowest BCUT2D eigenvalue weighted by molar-refractivity contribution is 0.922. The van der Waals surface area contributed by atoms with E-state index in [1.54, 1.807) is 0 Å². The second-order valence-corrected chi connectivity index (χ2v) is 6.83. The fourth-order valence-corrected chi connectivity index (χ4v) is 4.53. The minimum atomic E-state index is 1.16. The third-order valence-electron chi connectivity index (χ3n) is 4.37. The van der Waals surface area contributed by atoms with Crippen molar-refractivity contribution in [2.45, 2.75) is 26.7 Å². The lowest BCUT2D eigenvalue weighted by atomic mass is 9.95. The molecule has 0 aliphatic carbocycles. The average Bonchev–Trinajstić information content (AvgIpc) is 2.89. The molecular weight excluding hydrogens is 272 g/mol. The molecule has 0 fully saturated rings. The molecule has 4 aromatic rings. The van der Waals surface area contributed by atoms with Crippen molar-refractivity contribution in [3.05, 3.63) is 59.7 Å². The number of hydrogen-bond donors (Lipinski definition) is 0. The van der Waals surface area contributed by atoms with E-state index in [9.17, 15) is 0 Å². The Labute approximate surface area is 129 Å². The topological polar surface area (TPSA) is 0 Å². The smallest absolute Gasteiger partial charge is 0.0361 e. The van der Waals surface area contributed by atoms with Crippen molar-refractivity contribution in [3.8, 4) is 0 Å². The standard InChI is InChI=1S/C20H18S/c1-3-6-15-13(2)9-11-17-19(15)20-16-8-5-4-7-14(16)10-12-18(20)21-17/h4-5,7-12H,3,6H2,1-2H3. The first-order valence-electron chi connectivity index (χ1n) is 7.62. The van der Waals surface area contributed by atoms with Gasteiger partial charge in [-0.2, -0.15) is 0 Å². The molecule has 0 atom stereocenters. The van der Waals surface area contributed by atoms with Crippen LogP contribution in [0.3, 0.4) is 0 Å². The molecule has 0 radical (unpaired) electrons. The van der Waals surface area contributed by atoms with Gasteiger partial charge in [-0.05, 0) is 47.4 Å². The highest BCUT2D eigenvalue weighted by Gasteiger charge is 2.13. The van der Waals surface area contributed by atoms with Crippen LogP contribution in [0.2, 0.25) is 0 Å². The maximum atomic E-state index is 2.29. The van der Waals surface area contributed by atoms with Gasteiger partial charge in [0.2, 0.25) is 0 Å². The van der Waals surface area contributed by atoms with E-state index in [1.165, 1.54) is 48.5 Å². The lowest BCUT2D eigenvalue weighted by Crippen LogP contribution is -1.89. The van der Waals surface area contributed by atoms with E-state index in [4.69, 9.17) is 0 Å². The molecule has 0 nitrogen and oxygen atoms in total. The largest absolute Gasteiger partial charge is 0.135 e. The second-order valence-electron chi connectivity index (χ2n) is 5.75. The number of hydrogen-bond acceptors (Lipinski definition) is 1. The molecule has 0 unspecified atom stereocenters. The monoisotopic (exact) mass is 290 g/mol. The van der Waals surface area contributed by atoms with Gasteiger partial charge in [-0.15, -0.1) is 11.3 Å². The minimum absolute atomic E-state index is 1.16. The second kappa shape index (κ2) is 4.85. The summed E-state index contributed by atoms with van der Waals surface area (Å²) in [7, 11) is 0. The molecule has 104 valence electrons.